The summed E-state index contributed by atoms with van der Waals surface area (Å²) in [5.41, 5.74) is 0.584. The lowest BCUT2D eigenvalue weighted by Crippen LogP contribution is -2.00. The molecule has 5 heteroatoms. The van der Waals surface area contributed by atoms with Crippen LogP contribution in [-0.2, 0) is 4.74 Å². The van der Waals surface area contributed by atoms with E-state index in [2.05, 4.69) is 0 Å². The van der Waals surface area contributed by atoms with Crippen LogP contribution in [0.3, 0.4) is 0 Å². The van der Waals surface area contributed by atoms with E-state index in [0.717, 1.165) is 32.3 Å². The summed E-state index contributed by atoms with van der Waals surface area (Å²) in [6.45, 7) is 0. The Morgan fingerprint density at radius 2 is 1.40 bits per heavy atom. The molecule has 0 unspecified atom stereocenters. The number of hydrogen-bond donors (Lipinski definition) is 0. The number of rotatable bonds is 2. The van der Waals surface area contributed by atoms with Crippen LogP contribution >= 0.6 is 0 Å². The van der Waals surface area contributed by atoms with Crippen molar-refractivity contribution in [3.05, 3.63) is 76.3 Å². The Morgan fingerprint density at radius 1 is 0.840 bits per heavy atom. The number of nitro groups is 1. The van der Waals surface area contributed by atoms with Crippen LogP contribution in [0.5, 0.6) is 0 Å². The fourth-order valence-corrected chi connectivity index (χ4v) is 3.23. The van der Waals surface area contributed by atoms with Gasteiger partial charge in [-0.25, -0.2) is 4.79 Å². The summed E-state index contributed by atoms with van der Waals surface area (Å²) in [5.74, 6) is -0.368. The summed E-state index contributed by atoms with van der Waals surface area (Å²) in [6, 6.07) is 18.1. The zero-order valence-corrected chi connectivity index (χ0v) is 13.4. The number of nitrogens with zero attached hydrogens (tertiary/aromatic N) is 1. The number of benzene rings is 4. The van der Waals surface area contributed by atoms with Gasteiger partial charge in [-0.05, 0) is 50.5 Å². The third-order valence-corrected chi connectivity index (χ3v) is 4.45. The van der Waals surface area contributed by atoms with Crippen molar-refractivity contribution in [1.29, 1.82) is 0 Å². The topological polar surface area (TPSA) is 69.4 Å². The summed E-state index contributed by atoms with van der Waals surface area (Å²) < 4.78 is 4.77. The molecule has 0 heterocycles. The summed E-state index contributed by atoms with van der Waals surface area (Å²) in [4.78, 5) is 22.3. The van der Waals surface area contributed by atoms with Crippen LogP contribution in [0.25, 0.3) is 32.3 Å². The summed E-state index contributed by atoms with van der Waals surface area (Å²) in [5, 5.41) is 16.8. The highest BCUT2D eigenvalue weighted by Crippen LogP contribution is 2.33. The number of methoxy groups -OCH3 is 1. The van der Waals surface area contributed by atoms with E-state index in [4.69, 9.17) is 4.74 Å². The number of ether oxygens (including phenoxy) is 1. The second-order valence-corrected chi connectivity index (χ2v) is 5.82. The Kier molecular flexibility index (Phi) is 3.35. The first-order valence-corrected chi connectivity index (χ1v) is 7.70. The Morgan fingerprint density at radius 3 is 2.00 bits per heavy atom. The molecule has 0 aliphatic carbocycles. The highest BCUT2D eigenvalue weighted by atomic mass is 16.6. The molecule has 0 atom stereocenters. The monoisotopic (exact) mass is 331 g/mol. The zero-order valence-electron chi connectivity index (χ0n) is 13.4. The molecule has 5 nitrogen and oxygen atoms in total. The number of hydrogen-bond acceptors (Lipinski definition) is 4. The van der Waals surface area contributed by atoms with Crippen LogP contribution in [0, 0.1) is 10.1 Å². The molecule has 0 spiro atoms. The number of nitro benzene ring substituents is 1. The summed E-state index contributed by atoms with van der Waals surface area (Å²) in [7, 11) is 1.36. The van der Waals surface area contributed by atoms with E-state index in [-0.39, 0.29) is 11.7 Å². The molecule has 0 aliphatic rings. The molecular formula is C20H13NO4. The zero-order chi connectivity index (χ0) is 17.6. The van der Waals surface area contributed by atoms with Crippen molar-refractivity contribution in [1.82, 2.24) is 0 Å². The quantitative estimate of drug-likeness (QED) is 0.228. The molecule has 0 amide bonds. The van der Waals surface area contributed by atoms with Gasteiger partial charge in [0.1, 0.15) is 0 Å². The molecule has 4 rings (SSSR count). The van der Waals surface area contributed by atoms with Crippen LogP contribution in [-0.4, -0.2) is 18.0 Å². The van der Waals surface area contributed by atoms with Gasteiger partial charge in [-0.2, -0.15) is 0 Å². The van der Waals surface area contributed by atoms with E-state index in [0.29, 0.717) is 5.56 Å². The molecule has 0 radical (unpaired) electrons. The lowest BCUT2D eigenvalue weighted by atomic mass is 9.96. The average molecular weight is 331 g/mol. The van der Waals surface area contributed by atoms with Gasteiger partial charge in [0.25, 0.3) is 5.69 Å². The van der Waals surface area contributed by atoms with Crippen LogP contribution in [0.2, 0.25) is 0 Å². The van der Waals surface area contributed by atoms with Crippen molar-refractivity contribution in [3.63, 3.8) is 0 Å². The molecular weight excluding hydrogens is 318 g/mol. The molecule has 0 aromatic heterocycles. The van der Waals surface area contributed by atoms with Gasteiger partial charge in [-0.1, -0.05) is 30.3 Å². The number of fused-ring (bicyclic) bond motifs is 5. The van der Waals surface area contributed by atoms with Gasteiger partial charge in [-0.15, -0.1) is 0 Å². The minimum absolute atomic E-state index is 0.0790. The van der Waals surface area contributed by atoms with Gasteiger partial charge in [0.05, 0.1) is 17.6 Å². The molecule has 0 fully saturated rings. The van der Waals surface area contributed by atoms with Gasteiger partial charge >= 0.3 is 5.97 Å². The lowest BCUT2D eigenvalue weighted by Gasteiger charge is -2.08. The number of carbonyl (C=O) groups excluding carboxylic acids is 1. The van der Waals surface area contributed by atoms with Gasteiger partial charge in [-0.3, -0.25) is 10.1 Å². The minimum Gasteiger partial charge on any atom is -0.465 e. The fourth-order valence-electron chi connectivity index (χ4n) is 3.23. The van der Waals surface area contributed by atoms with Crippen molar-refractivity contribution in [2.24, 2.45) is 0 Å². The van der Waals surface area contributed by atoms with E-state index in [1.807, 2.05) is 30.3 Å². The summed E-state index contributed by atoms with van der Waals surface area (Å²) >= 11 is 0. The van der Waals surface area contributed by atoms with Crippen LogP contribution in [0.15, 0.2) is 60.7 Å². The van der Waals surface area contributed by atoms with E-state index in [1.54, 1.807) is 24.3 Å². The van der Waals surface area contributed by atoms with Crippen molar-refractivity contribution < 1.29 is 14.5 Å². The Hall–Kier alpha value is -3.47. The Balaban J connectivity index is 2.00. The average Bonchev–Trinajstić information content (AvgIpc) is 2.65. The first-order chi connectivity index (χ1) is 12.1. The number of esters is 1. The maximum Gasteiger partial charge on any atom is 0.337 e. The van der Waals surface area contributed by atoms with Crippen LogP contribution in [0.1, 0.15) is 10.4 Å². The molecule has 0 N–H and O–H groups in total. The highest BCUT2D eigenvalue weighted by molar-refractivity contribution is 6.18. The smallest absolute Gasteiger partial charge is 0.337 e. The van der Waals surface area contributed by atoms with Crippen molar-refractivity contribution in [3.8, 4) is 0 Å². The number of non-ortho nitro benzene ring substituents is 1. The van der Waals surface area contributed by atoms with Crippen LogP contribution < -0.4 is 0 Å². The minimum atomic E-state index is -0.391. The second-order valence-electron chi connectivity index (χ2n) is 5.82. The lowest BCUT2D eigenvalue weighted by molar-refractivity contribution is -0.384. The fraction of sp³-hybridized carbons (Fsp3) is 0.0500. The maximum absolute atomic E-state index is 11.7. The van der Waals surface area contributed by atoms with E-state index >= 15 is 0 Å². The Bertz CT molecular complexity index is 1180. The van der Waals surface area contributed by atoms with Gasteiger partial charge < -0.3 is 4.74 Å². The molecule has 0 bridgehead atoms. The van der Waals surface area contributed by atoms with Crippen molar-refractivity contribution in [2.45, 2.75) is 0 Å². The normalized spacial score (nSPS) is 11.1. The van der Waals surface area contributed by atoms with E-state index in [1.165, 1.54) is 13.2 Å². The third-order valence-electron chi connectivity index (χ3n) is 4.45. The molecule has 25 heavy (non-hydrogen) atoms. The summed E-state index contributed by atoms with van der Waals surface area (Å²) in [6.07, 6.45) is 0. The second kappa shape index (κ2) is 5.56. The van der Waals surface area contributed by atoms with Gasteiger partial charge in [0, 0.05) is 12.1 Å². The van der Waals surface area contributed by atoms with E-state index in [9.17, 15) is 14.9 Å². The largest absolute Gasteiger partial charge is 0.465 e. The Labute approximate surface area is 142 Å². The molecule has 4 aromatic rings. The van der Waals surface area contributed by atoms with Crippen molar-refractivity contribution in [2.75, 3.05) is 7.11 Å². The SMILES string of the molecule is COC(=O)c1ccc2c(ccc3c4ccc([N+](=O)[O-])cc4ccc23)c1. The molecule has 0 saturated heterocycles. The molecule has 122 valence electrons. The predicted octanol–water partition coefficient (Wildman–Crippen LogP) is 4.84. The predicted molar refractivity (Wildman–Crippen MR) is 97.0 cm³/mol. The standard InChI is InChI=1S/C20H13NO4/c1-25-20(22)14-4-6-16-12(10-14)2-7-19-17-9-5-15(21(23)24)11-13(17)3-8-18(16)19/h2-11H,1H3. The van der Waals surface area contributed by atoms with Crippen molar-refractivity contribution >= 4 is 44.0 Å². The maximum atomic E-state index is 11.7. The van der Waals surface area contributed by atoms with Gasteiger partial charge in [0.2, 0.25) is 0 Å². The van der Waals surface area contributed by atoms with Gasteiger partial charge in [0.15, 0.2) is 0 Å². The number of carbonyl (C=O) groups is 1. The van der Waals surface area contributed by atoms with Crippen LogP contribution in [0.4, 0.5) is 5.69 Å². The first-order valence-electron chi connectivity index (χ1n) is 7.70. The van der Waals surface area contributed by atoms with E-state index < -0.39 is 4.92 Å². The molecule has 0 saturated carbocycles. The molecule has 0 aliphatic heterocycles. The third kappa shape index (κ3) is 2.37. The first kappa shape index (κ1) is 15.1. The molecule has 4 aromatic carbocycles. The highest BCUT2D eigenvalue weighted by Gasteiger charge is 2.11.